The molecular formula is C26H25N5O3S. The van der Waals surface area contributed by atoms with Gasteiger partial charge in [-0.1, -0.05) is 30.0 Å². The maximum atomic E-state index is 12.6. The van der Waals surface area contributed by atoms with Gasteiger partial charge < -0.3 is 14.8 Å². The number of carbonyl (C=O) groups is 1. The topological polar surface area (TPSA) is 91.2 Å². The quantitative estimate of drug-likeness (QED) is 0.394. The van der Waals surface area contributed by atoms with E-state index in [2.05, 4.69) is 46.5 Å². The number of fused-ring (bicyclic) bond motifs is 1. The summed E-state index contributed by atoms with van der Waals surface area (Å²) in [6, 6.07) is 17.5. The van der Waals surface area contributed by atoms with Crippen molar-refractivity contribution >= 4 is 17.7 Å². The minimum absolute atomic E-state index is 0.113. The average Bonchev–Trinajstić information content (AvgIpc) is 3.32. The average molecular weight is 488 g/mol. The van der Waals surface area contributed by atoms with E-state index in [4.69, 9.17) is 9.47 Å². The summed E-state index contributed by atoms with van der Waals surface area (Å²) in [6.07, 6.45) is 3.21. The van der Waals surface area contributed by atoms with Crippen LogP contribution in [0.5, 0.6) is 11.5 Å². The van der Waals surface area contributed by atoms with E-state index in [9.17, 15) is 4.79 Å². The molecular weight excluding hydrogens is 462 g/mol. The molecule has 8 nitrogen and oxygen atoms in total. The molecule has 1 N–H and O–H groups in total. The van der Waals surface area contributed by atoms with Crippen LogP contribution in [0, 0.1) is 13.8 Å². The number of benzene rings is 2. The van der Waals surface area contributed by atoms with Crippen LogP contribution in [0.4, 0.5) is 0 Å². The van der Waals surface area contributed by atoms with Gasteiger partial charge in [-0.15, -0.1) is 10.2 Å². The van der Waals surface area contributed by atoms with Crippen LogP contribution in [-0.4, -0.2) is 50.7 Å². The summed E-state index contributed by atoms with van der Waals surface area (Å²) in [5.74, 6) is 2.20. The van der Waals surface area contributed by atoms with E-state index in [-0.39, 0.29) is 17.8 Å². The number of amides is 1. The van der Waals surface area contributed by atoms with Crippen LogP contribution in [0.25, 0.3) is 17.1 Å². The lowest BCUT2D eigenvalue weighted by molar-refractivity contribution is -0.119. The third-order valence-corrected chi connectivity index (χ3v) is 6.68. The van der Waals surface area contributed by atoms with Gasteiger partial charge in [0, 0.05) is 18.0 Å². The van der Waals surface area contributed by atoms with Gasteiger partial charge >= 0.3 is 0 Å². The first-order chi connectivity index (χ1) is 17.1. The number of hydrogen-bond donors (Lipinski definition) is 1. The van der Waals surface area contributed by atoms with Crippen molar-refractivity contribution in [1.82, 2.24) is 25.1 Å². The van der Waals surface area contributed by atoms with Gasteiger partial charge in [0.1, 0.15) is 12.7 Å². The van der Waals surface area contributed by atoms with Gasteiger partial charge in [-0.2, -0.15) is 0 Å². The molecule has 0 saturated carbocycles. The Morgan fingerprint density at radius 1 is 1.06 bits per heavy atom. The number of para-hydroxylation sites is 2. The Balaban J connectivity index is 1.28. The second kappa shape index (κ2) is 10.2. The predicted octanol–water partition coefficient (Wildman–Crippen LogP) is 3.99. The molecule has 0 fully saturated rings. The Morgan fingerprint density at radius 3 is 2.66 bits per heavy atom. The fourth-order valence-electron chi connectivity index (χ4n) is 3.72. The highest BCUT2D eigenvalue weighted by molar-refractivity contribution is 7.99. The highest BCUT2D eigenvalue weighted by Crippen LogP contribution is 2.31. The molecule has 1 atom stereocenters. The van der Waals surface area contributed by atoms with E-state index in [0.717, 1.165) is 17.0 Å². The predicted molar refractivity (Wildman–Crippen MR) is 134 cm³/mol. The number of thioether (sulfide) groups is 1. The van der Waals surface area contributed by atoms with Crippen LogP contribution in [0.3, 0.4) is 0 Å². The van der Waals surface area contributed by atoms with Gasteiger partial charge in [-0.05, 0) is 61.4 Å². The summed E-state index contributed by atoms with van der Waals surface area (Å²) in [6.45, 7) is 4.90. The Kier molecular flexibility index (Phi) is 6.67. The fourth-order valence-corrected chi connectivity index (χ4v) is 4.50. The molecule has 35 heavy (non-hydrogen) atoms. The molecule has 0 spiro atoms. The zero-order chi connectivity index (χ0) is 24.2. The van der Waals surface area contributed by atoms with Crippen molar-refractivity contribution in [2.45, 2.75) is 25.1 Å². The van der Waals surface area contributed by atoms with Gasteiger partial charge in [-0.25, -0.2) is 0 Å². The molecule has 2 aromatic carbocycles. The van der Waals surface area contributed by atoms with Crippen LogP contribution >= 0.6 is 11.8 Å². The molecule has 0 radical (unpaired) electrons. The molecule has 1 amide bonds. The fraction of sp³-hybridized carbons (Fsp3) is 0.231. The van der Waals surface area contributed by atoms with Crippen molar-refractivity contribution in [3.05, 3.63) is 78.1 Å². The highest BCUT2D eigenvalue weighted by Gasteiger charge is 2.22. The first-order valence-corrected chi connectivity index (χ1v) is 12.3. The van der Waals surface area contributed by atoms with Gasteiger partial charge in [0.05, 0.1) is 18.0 Å². The van der Waals surface area contributed by atoms with Gasteiger partial charge in [0.25, 0.3) is 0 Å². The van der Waals surface area contributed by atoms with Crippen molar-refractivity contribution < 1.29 is 14.3 Å². The SMILES string of the molecule is Cc1ccc(-n2c(SCC(=O)NC[C@@H]3COc4ccccc4O3)nnc2-c2ccncc2)cc1C. The normalized spacial score (nSPS) is 14.5. The van der Waals surface area contributed by atoms with E-state index < -0.39 is 0 Å². The Hall–Kier alpha value is -3.85. The number of pyridine rings is 1. The number of hydrogen-bond acceptors (Lipinski definition) is 7. The number of ether oxygens (including phenoxy) is 2. The third kappa shape index (κ3) is 5.14. The maximum absolute atomic E-state index is 12.6. The Labute approximate surface area is 207 Å². The molecule has 5 rings (SSSR count). The van der Waals surface area contributed by atoms with Crippen molar-refractivity contribution in [2.75, 3.05) is 18.9 Å². The molecule has 0 saturated heterocycles. The lowest BCUT2D eigenvalue weighted by Crippen LogP contribution is -2.41. The van der Waals surface area contributed by atoms with Gasteiger partial charge in [0.15, 0.2) is 22.5 Å². The molecule has 0 bridgehead atoms. The van der Waals surface area contributed by atoms with Crippen LogP contribution in [0.1, 0.15) is 11.1 Å². The first-order valence-electron chi connectivity index (χ1n) is 11.3. The standard InChI is InChI=1S/C26H25N5O3S/c1-17-7-8-20(13-18(17)2)31-25(19-9-11-27-12-10-19)29-30-26(31)35-16-24(32)28-14-21-15-33-22-5-3-4-6-23(22)34-21/h3-13,21H,14-16H2,1-2H3,(H,28,32)/t21-/m1/s1. The zero-order valence-corrected chi connectivity index (χ0v) is 20.3. The summed E-state index contributed by atoms with van der Waals surface area (Å²) in [4.78, 5) is 16.7. The lowest BCUT2D eigenvalue weighted by atomic mass is 10.1. The van der Waals surface area contributed by atoms with Crippen LogP contribution in [0.2, 0.25) is 0 Å². The second-order valence-electron chi connectivity index (χ2n) is 8.24. The minimum Gasteiger partial charge on any atom is -0.486 e. The smallest absolute Gasteiger partial charge is 0.230 e. The minimum atomic E-state index is -0.240. The van der Waals surface area contributed by atoms with Crippen molar-refractivity contribution in [1.29, 1.82) is 0 Å². The first kappa shape index (κ1) is 22.9. The summed E-state index contributed by atoms with van der Waals surface area (Å²) in [5, 5.41) is 12.4. The number of aromatic nitrogens is 4. The summed E-state index contributed by atoms with van der Waals surface area (Å²) in [5.41, 5.74) is 4.22. The number of aryl methyl sites for hydroxylation is 2. The van der Waals surface area contributed by atoms with Crippen LogP contribution in [-0.2, 0) is 4.79 Å². The number of rotatable bonds is 7. The largest absolute Gasteiger partial charge is 0.486 e. The van der Waals surface area contributed by atoms with Crippen molar-refractivity contribution in [3.8, 4) is 28.6 Å². The number of carbonyl (C=O) groups excluding carboxylic acids is 1. The zero-order valence-electron chi connectivity index (χ0n) is 19.5. The molecule has 1 aliphatic heterocycles. The van der Waals surface area contributed by atoms with E-state index in [1.807, 2.05) is 47.0 Å². The third-order valence-electron chi connectivity index (χ3n) is 5.75. The molecule has 178 valence electrons. The van der Waals surface area contributed by atoms with E-state index in [0.29, 0.717) is 29.9 Å². The van der Waals surface area contributed by atoms with Crippen LogP contribution < -0.4 is 14.8 Å². The monoisotopic (exact) mass is 487 g/mol. The Bertz CT molecular complexity index is 1340. The maximum Gasteiger partial charge on any atom is 0.230 e. The molecule has 9 heteroatoms. The molecule has 1 aliphatic rings. The Morgan fingerprint density at radius 2 is 1.86 bits per heavy atom. The number of nitrogens with zero attached hydrogens (tertiary/aromatic N) is 4. The summed E-state index contributed by atoms with van der Waals surface area (Å²) >= 11 is 1.34. The molecule has 2 aromatic heterocycles. The highest BCUT2D eigenvalue weighted by atomic mass is 32.2. The molecule has 0 aliphatic carbocycles. The number of nitrogens with one attached hydrogen (secondary N) is 1. The van der Waals surface area contributed by atoms with E-state index in [1.165, 1.54) is 22.9 Å². The molecule has 3 heterocycles. The second-order valence-corrected chi connectivity index (χ2v) is 9.18. The van der Waals surface area contributed by atoms with E-state index in [1.54, 1.807) is 12.4 Å². The molecule has 4 aromatic rings. The van der Waals surface area contributed by atoms with Crippen molar-refractivity contribution in [3.63, 3.8) is 0 Å². The molecule has 0 unspecified atom stereocenters. The van der Waals surface area contributed by atoms with Gasteiger partial charge in [-0.3, -0.25) is 14.3 Å². The van der Waals surface area contributed by atoms with Gasteiger partial charge in [0.2, 0.25) is 5.91 Å². The summed E-state index contributed by atoms with van der Waals surface area (Å²) in [7, 11) is 0. The lowest BCUT2D eigenvalue weighted by Gasteiger charge is -2.26. The van der Waals surface area contributed by atoms with E-state index >= 15 is 0 Å². The van der Waals surface area contributed by atoms with Crippen molar-refractivity contribution in [2.24, 2.45) is 0 Å². The van der Waals surface area contributed by atoms with Crippen LogP contribution in [0.15, 0.2) is 72.1 Å². The summed E-state index contributed by atoms with van der Waals surface area (Å²) < 4.78 is 13.6.